The number of likely N-dealkylation sites (tertiary alicyclic amines) is 1. The minimum Gasteiger partial charge on any atom is -0.369 e. The first-order valence-corrected chi connectivity index (χ1v) is 10.3. The zero-order valence-electron chi connectivity index (χ0n) is 16.7. The molecule has 2 fully saturated rings. The molecule has 0 saturated carbocycles. The minimum atomic E-state index is 0.619. The van der Waals surface area contributed by atoms with Crippen molar-refractivity contribution >= 4 is 5.69 Å². The molecule has 2 heterocycles. The molecule has 0 N–H and O–H groups in total. The number of nitrogens with zero attached hydrogens (tertiary/aromatic N) is 3. The number of hydrogen-bond acceptors (Lipinski definition) is 3. The van der Waals surface area contributed by atoms with Crippen molar-refractivity contribution in [3.05, 3.63) is 29.8 Å². The van der Waals surface area contributed by atoms with Crippen LogP contribution in [0.5, 0.6) is 0 Å². The highest BCUT2D eigenvalue weighted by Gasteiger charge is 2.24. The number of piperazine rings is 1. The molecule has 2 aliphatic heterocycles. The molecule has 2 saturated heterocycles. The zero-order valence-corrected chi connectivity index (χ0v) is 16.7. The normalized spacial score (nSPS) is 21.4. The quantitative estimate of drug-likeness (QED) is 0.798. The second kappa shape index (κ2) is 8.55. The molecule has 0 radical (unpaired) electrons. The Morgan fingerprint density at radius 1 is 0.840 bits per heavy atom. The van der Waals surface area contributed by atoms with E-state index in [1.807, 2.05) is 0 Å². The maximum atomic E-state index is 2.70. The fourth-order valence-corrected chi connectivity index (χ4v) is 4.28. The lowest BCUT2D eigenvalue weighted by Gasteiger charge is -2.40. The van der Waals surface area contributed by atoms with Gasteiger partial charge in [0.15, 0.2) is 0 Å². The molecule has 3 nitrogen and oxygen atoms in total. The molecule has 1 aromatic rings. The third kappa shape index (κ3) is 4.98. The van der Waals surface area contributed by atoms with E-state index in [9.17, 15) is 0 Å². The van der Waals surface area contributed by atoms with Crippen LogP contribution >= 0.6 is 0 Å². The average molecular weight is 344 g/mol. The van der Waals surface area contributed by atoms with E-state index in [4.69, 9.17) is 0 Å². The van der Waals surface area contributed by atoms with Gasteiger partial charge in [-0.05, 0) is 69.3 Å². The van der Waals surface area contributed by atoms with E-state index in [0.717, 1.165) is 5.92 Å². The Bertz CT molecular complexity index is 507. The van der Waals surface area contributed by atoms with Crippen LogP contribution in [0.4, 0.5) is 5.69 Å². The number of hydrogen-bond donors (Lipinski definition) is 0. The van der Waals surface area contributed by atoms with Crippen molar-refractivity contribution in [1.29, 1.82) is 0 Å². The summed E-state index contributed by atoms with van der Waals surface area (Å²) < 4.78 is 0. The van der Waals surface area contributed by atoms with Crippen molar-refractivity contribution in [3.8, 4) is 0 Å². The molecular formula is C22H37N3. The average Bonchev–Trinajstić information content (AvgIpc) is 2.63. The van der Waals surface area contributed by atoms with Crippen molar-refractivity contribution in [2.24, 2.45) is 5.92 Å². The molecular weight excluding hydrogens is 306 g/mol. The van der Waals surface area contributed by atoms with E-state index in [2.05, 4.69) is 66.7 Å². The molecule has 0 aromatic heterocycles. The topological polar surface area (TPSA) is 9.72 Å². The fourth-order valence-electron chi connectivity index (χ4n) is 4.28. The highest BCUT2D eigenvalue weighted by atomic mass is 15.3. The molecule has 0 aliphatic carbocycles. The second-order valence-electron chi connectivity index (χ2n) is 8.61. The van der Waals surface area contributed by atoms with E-state index < -0.39 is 0 Å². The molecule has 0 atom stereocenters. The smallest absolute Gasteiger partial charge is 0.0367 e. The first kappa shape index (κ1) is 18.7. The summed E-state index contributed by atoms with van der Waals surface area (Å²) in [6.07, 6.45) is 2.77. The summed E-state index contributed by atoms with van der Waals surface area (Å²) >= 11 is 0. The summed E-state index contributed by atoms with van der Waals surface area (Å²) in [6, 6.07) is 9.94. The van der Waals surface area contributed by atoms with Crippen LogP contribution in [0.2, 0.25) is 0 Å². The van der Waals surface area contributed by atoms with E-state index in [1.54, 1.807) is 0 Å². The Morgan fingerprint density at radius 3 is 1.96 bits per heavy atom. The maximum absolute atomic E-state index is 2.70. The molecule has 140 valence electrons. The summed E-state index contributed by atoms with van der Waals surface area (Å²) in [7, 11) is 0. The molecule has 3 rings (SSSR count). The highest BCUT2D eigenvalue weighted by molar-refractivity contribution is 5.48. The van der Waals surface area contributed by atoms with Crippen molar-refractivity contribution in [2.75, 3.05) is 50.7 Å². The van der Waals surface area contributed by atoms with Gasteiger partial charge in [0, 0.05) is 44.5 Å². The molecule has 25 heavy (non-hydrogen) atoms. The number of benzene rings is 1. The van der Waals surface area contributed by atoms with Gasteiger partial charge in [-0.3, -0.25) is 4.90 Å². The molecule has 0 bridgehead atoms. The maximum Gasteiger partial charge on any atom is 0.0367 e. The highest BCUT2D eigenvalue weighted by Crippen LogP contribution is 2.23. The van der Waals surface area contributed by atoms with Gasteiger partial charge in [-0.25, -0.2) is 0 Å². The Morgan fingerprint density at radius 2 is 1.44 bits per heavy atom. The minimum absolute atomic E-state index is 0.619. The van der Waals surface area contributed by atoms with Crippen molar-refractivity contribution in [3.63, 3.8) is 0 Å². The lowest BCUT2D eigenvalue weighted by Crippen LogP contribution is -2.49. The third-order valence-corrected chi connectivity index (χ3v) is 6.19. The second-order valence-corrected chi connectivity index (χ2v) is 8.61. The molecule has 0 unspecified atom stereocenters. The first-order chi connectivity index (χ1) is 12.0. The van der Waals surface area contributed by atoms with Crippen LogP contribution in [-0.4, -0.2) is 61.7 Å². The van der Waals surface area contributed by atoms with E-state index >= 15 is 0 Å². The lowest BCUT2D eigenvalue weighted by molar-refractivity contribution is 0.119. The van der Waals surface area contributed by atoms with Gasteiger partial charge in [0.1, 0.15) is 0 Å². The van der Waals surface area contributed by atoms with Crippen LogP contribution < -0.4 is 4.90 Å². The molecule has 0 spiro atoms. The van der Waals surface area contributed by atoms with Crippen LogP contribution in [0.25, 0.3) is 0 Å². The van der Waals surface area contributed by atoms with Gasteiger partial charge in [-0.2, -0.15) is 0 Å². The zero-order chi connectivity index (χ0) is 17.8. The number of rotatable bonds is 5. The predicted molar refractivity (Wildman–Crippen MR) is 109 cm³/mol. The van der Waals surface area contributed by atoms with Gasteiger partial charge in [0.2, 0.25) is 0 Å². The summed E-state index contributed by atoms with van der Waals surface area (Å²) in [4.78, 5) is 7.89. The van der Waals surface area contributed by atoms with Crippen molar-refractivity contribution < 1.29 is 0 Å². The van der Waals surface area contributed by atoms with Gasteiger partial charge in [0.25, 0.3) is 0 Å². The number of anilines is 1. The van der Waals surface area contributed by atoms with Crippen LogP contribution in [0, 0.1) is 5.92 Å². The van der Waals surface area contributed by atoms with Gasteiger partial charge in [-0.1, -0.05) is 26.0 Å². The fraction of sp³-hybridized carbons (Fsp3) is 0.727. The van der Waals surface area contributed by atoms with Gasteiger partial charge in [-0.15, -0.1) is 0 Å². The Kier molecular flexibility index (Phi) is 6.40. The third-order valence-electron chi connectivity index (χ3n) is 6.19. The molecule has 2 aliphatic rings. The van der Waals surface area contributed by atoms with Crippen LogP contribution in [0.1, 0.15) is 52.0 Å². The largest absolute Gasteiger partial charge is 0.369 e. The molecule has 3 heteroatoms. The van der Waals surface area contributed by atoms with Gasteiger partial charge in [0.05, 0.1) is 0 Å². The van der Waals surface area contributed by atoms with Crippen LogP contribution in [-0.2, 0) is 0 Å². The van der Waals surface area contributed by atoms with E-state index in [0.29, 0.717) is 12.0 Å². The van der Waals surface area contributed by atoms with E-state index in [-0.39, 0.29) is 0 Å². The van der Waals surface area contributed by atoms with Crippen molar-refractivity contribution in [1.82, 2.24) is 9.80 Å². The Labute approximate surface area is 155 Å². The monoisotopic (exact) mass is 343 g/mol. The summed E-state index contributed by atoms with van der Waals surface area (Å²) in [5, 5.41) is 0. The first-order valence-electron chi connectivity index (χ1n) is 10.3. The van der Waals surface area contributed by atoms with E-state index in [1.165, 1.54) is 69.9 Å². The van der Waals surface area contributed by atoms with Crippen LogP contribution in [0.15, 0.2) is 24.3 Å². The van der Waals surface area contributed by atoms with Crippen LogP contribution in [0.3, 0.4) is 0 Å². The Balaban J connectivity index is 1.43. The molecule has 0 amide bonds. The van der Waals surface area contributed by atoms with Gasteiger partial charge >= 0.3 is 0 Å². The lowest BCUT2D eigenvalue weighted by atomic mass is 9.95. The Hall–Kier alpha value is -1.06. The number of piperidine rings is 1. The van der Waals surface area contributed by atoms with Crippen molar-refractivity contribution in [2.45, 2.75) is 52.5 Å². The summed E-state index contributed by atoms with van der Waals surface area (Å²) in [6.45, 7) is 17.9. The predicted octanol–water partition coefficient (Wildman–Crippen LogP) is 4.05. The molecule has 1 aromatic carbocycles. The van der Waals surface area contributed by atoms with Gasteiger partial charge < -0.3 is 9.80 Å². The standard InChI is InChI=1S/C22H37N3/c1-18(2)21-5-7-22(8-6-21)25-15-13-23(14-16-25)17-20-9-11-24(12-10-20)19(3)4/h5-8,18-20H,9-17H2,1-4H3. The summed E-state index contributed by atoms with van der Waals surface area (Å²) in [5.41, 5.74) is 2.84. The SMILES string of the molecule is CC(C)c1ccc(N2CCN(CC3CCN(C(C)C)CC3)CC2)cc1. The summed E-state index contributed by atoms with van der Waals surface area (Å²) in [5.74, 6) is 1.53.